The Morgan fingerprint density at radius 2 is 2.14 bits per heavy atom. The maximum atomic E-state index is 5.42. The molecule has 0 bridgehead atoms. The predicted octanol–water partition coefficient (Wildman–Crippen LogP) is 3.99. The van der Waals surface area contributed by atoms with Gasteiger partial charge in [-0.2, -0.15) is 0 Å². The van der Waals surface area contributed by atoms with E-state index in [1.54, 1.807) is 0 Å². The SMILES string of the molecule is Brc1ccc(Br)c(Oc2cnco2)c1. The van der Waals surface area contributed by atoms with Crippen molar-refractivity contribution in [1.29, 1.82) is 0 Å². The van der Waals surface area contributed by atoms with Crippen molar-refractivity contribution < 1.29 is 9.15 Å². The van der Waals surface area contributed by atoms with E-state index in [0.717, 1.165) is 8.95 Å². The van der Waals surface area contributed by atoms with Gasteiger partial charge in [0, 0.05) is 4.47 Å². The first-order valence-corrected chi connectivity index (χ1v) is 5.36. The predicted molar refractivity (Wildman–Crippen MR) is 58.4 cm³/mol. The van der Waals surface area contributed by atoms with Gasteiger partial charge in [-0.3, -0.25) is 0 Å². The molecule has 0 fully saturated rings. The number of nitrogens with zero attached hydrogens (tertiary/aromatic N) is 1. The van der Waals surface area contributed by atoms with E-state index in [9.17, 15) is 0 Å². The fourth-order valence-electron chi connectivity index (χ4n) is 0.918. The van der Waals surface area contributed by atoms with Gasteiger partial charge in [-0.05, 0) is 34.1 Å². The summed E-state index contributed by atoms with van der Waals surface area (Å²) in [6, 6.07) is 5.64. The summed E-state index contributed by atoms with van der Waals surface area (Å²) in [5, 5.41) is 0. The van der Waals surface area contributed by atoms with Crippen LogP contribution in [-0.4, -0.2) is 4.98 Å². The highest BCUT2D eigenvalue weighted by molar-refractivity contribution is 9.11. The fraction of sp³-hybridized carbons (Fsp3) is 0. The van der Waals surface area contributed by atoms with Crippen LogP contribution in [0, 0.1) is 0 Å². The average Bonchev–Trinajstić information content (AvgIpc) is 2.64. The van der Waals surface area contributed by atoms with Crippen molar-refractivity contribution >= 4 is 31.9 Å². The Bertz CT molecular complexity index is 428. The first-order valence-electron chi connectivity index (χ1n) is 3.77. The Morgan fingerprint density at radius 1 is 1.29 bits per heavy atom. The number of benzene rings is 1. The van der Waals surface area contributed by atoms with Gasteiger partial charge in [0.25, 0.3) is 0 Å². The standard InChI is InChI=1S/C9H5Br2NO2/c10-6-1-2-7(11)8(3-6)14-9-4-12-5-13-9/h1-5H. The molecule has 1 aromatic carbocycles. The van der Waals surface area contributed by atoms with Gasteiger partial charge in [-0.1, -0.05) is 15.9 Å². The van der Waals surface area contributed by atoms with Gasteiger partial charge in [0.2, 0.25) is 0 Å². The zero-order chi connectivity index (χ0) is 9.97. The second kappa shape index (κ2) is 4.14. The molecule has 2 rings (SSSR count). The Morgan fingerprint density at radius 3 is 2.86 bits per heavy atom. The third-order valence-corrected chi connectivity index (χ3v) is 2.66. The number of ether oxygens (including phenoxy) is 1. The molecule has 0 N–H and O–H groups in total. The highest BCUT2D eigenvalue weighted by atomic mass is 79.9. The van der Waals surface area contributed by atoms with Gasteiger partial charge < -0.3 is 9.15 Å². The van der Waals surface area contributed by atoms with Crippen molar-refractivity contribution in [2.24, 2.45) is 0 Å². The van der Waals surface area contributed by atoms with Crippen LogP contribution in [0.1, 0.15) is 0 Å². The molecule has 1 aromatic heterocycles. The smallest absolute Gasteiger partial charge is 0.310 e. The lowest BCUT2D eigenvalue weighted by Crippen LogP contribution is -1.83. The molecular formula is C9H5Br2NO2. The molecule has 0 unspecified atom stereocenters. The van der Waals surface area contributed by atoms with Crippen LogP contribution in [-0.2, 0) is 0 Å². The van der Waals surface area contributed by atoms with E-state index in [2.05, 4.69) is 36.8 Å². The summed E-state index contributed by atoms with van der Waals surface area (Å²) in [7, 11) is 0. The van der Waals surface area contributed by atoms with Crippen molar-refractivity contribution in [2.45, 2.75) is 0 Å². The Kier molecular flexibility index (Phi) is 2.88. The van der Waals surface area contributed by atoms with Crippen LogP contribution in [0.2, 0.25) is 0 Å². The summed E-state index contributed by atoms with van der Waals surface area (Å²) in [6.07, 6.45) is 2.83. The van der Waals surface area contributed by atoms with Crippen LogP contribution in [0.15, 0.2) is 44.2 Å². The molecule has 0 saturated carbocycles. The summed E-state index contributed by atoms with van der Waals surface area (Å²) < 4.78 is 12.2. The lowest BCUT2D eigenvalue weighted by Gasteiger charge is -2.03. The molecule has 1 heterocycles. The normalized spacial score (nSPS) is 10.1. The second-order valence-corrected chi connectivity index (χ2v) is 4.27. The highest BCUT2D eigenvalue weighted by Crippen LogP contribution is 2.31. The third-order valence-electron chi connectivity index (χ3n) is 1.51. The van der Waals surface area contributed by atoms with E-state index in [0.29, 0.717) is 11.7 Å². The third kappa shape index (κ3) is 2.16. The minimum atomic E-state index is 0.365. The van der Waals surface area contributed by atoms with E-state index in [-0.39, 0.29) is 0 Å². The number of oxazole rings is 1. The number of hydrogen-bond acceptors (Lipinski definition) is 3. The zero-order valence-electron chi connectivity index (χ0n) is 6.91. The van der Waals surface area contributed by atoms with E-state index < -0.39 is 0 Å². The molecule has 2 aromatic rings. The molecule has 0 aliphatic heterocycles. The molecule has 72 valence electrons. The molecule has 0 spiro atoms. The van der Waals surface area contributed by atoms with E-state index in [1.807, 2.05) is 18.2 Å². The molecule has 0 amide bonds. The van der Waals surface area contributed by atoms with Crippen LogP contribution in [0.5, 0.6) is 11.7 Å². The summed E-state index contributed by atoms with van der Waals surface area (Å²) in [5.74, 6) is 1.04. The van der Waals surface area contributed by atoms with Gasteiger partial charge in [-0.15, -0.1) is 0 Å². The minimum Gasteiger partial charge on any atom is -0.424 e. The molecule has 5 heteroatoms. The van der Waals surface area contributed by atoms with Gasteiger partial charge in [0.15, 0.2) is 6.39 Å². The monoisotopic (exact) mass is 317 g/mol. The van der Waals surface area contributed by atoms with Crippen molar-refractivity contribution in [3.63, 3.8) is 0 Å². The van der Waals surface area contributed by atoms with Gasteiger partial charge in [0.05, 0.1) is 4.47 Å². The Labute approximate surface area is 97.4 Å². The maximum absolute atomic E-state index is 5.42. The molecule has 0 radical (unpaired) electrons. The summed E-state index contributed by atoms with van der Waals surface area (Å²) in [6.45, 7) is 0. The first kappa shape index (κ1) is 9.73. The van der Waals surface area contributed by atoms with Crippen LogP contribution >= 0.6 is 31.9 Å². The van der Waals surface area contributed by atoms with E-state index >= 15 is 0 Å². The van der Waals surface area contributed by atoms with Crippen LogP contribution < -0.4 is 4.74 Å². The average molecular weight is 319 g/mol. The molecule has 0 atom stereocenters. The number of aromatic nitrogens is 1. The first-order chi connectivity index (χ1) is 6.75. The minimum absolute atomic E-state index is 0.365. The van der Waals surface area contributed by atoms with Crippen molar-refractivity contribution in [3.05, 3.63) is 39.7 Å². The fourth-order valence-corrected chi connectivity index (χ4v) is 1.59. The molecule has 3 nitrogen and oxygen atoms in total. The van der Waals surface area contributed by atoms with Crippen molar-refractivity contribution in [2.75, 3.05) is 0 Å². The van der Waals surface area contributed by atoms with E-state index in [1.165, 1.54) is 12.6 Å². The van der Waals surface area contributed by atoms with Crippen LogP contribution in [0.3, 0.4) is 0 Å². The largest absolute Gasteiger partial charge is 0.424 e. The van der Waals surface area contributed by atoms with Crippen LogP contribution in [0.4, 0.5) is 0 Å². The van der Waals surface area contributed by atoms with Crippen molar-refractivity contribution in [1.82, 2.24) is 4.98 Å². The number of hydrogen-bond donors (Lipinski definition) is 0. The summed E-state index contributed by atoms with van der Waals surface area (Å²) in [5.41, 5.74) is 0. The lowest BCUT2D eigenvalue weighted by molar-refractivity contribution is 0.344. The zero-order valence-corrected chi connectivity index (χ0v) is 10.1. The number of halogens is 2. The van der Waals surface area contributed by atoms with Gasteiger partial charge in [-0.25, -0.2) is 4.98 Å². The van der Waals surface area contributed by atoms with Gasteiger partial charge in [0.1, 0.15) is 11.9 Å². The highest BCUT2D eigenvalue weighted by Gasteiger charge is 2.05. The molecular weight excluding hydrogens is 314 g/mol. The van der Waals surface area contributed by atoms with Crippen LogP contribution in [0.25, 0.3) is 0 Å². The Hall–Kier alpha value is -0.810. The van der Waals surface area contributed by atoms with E-state index in [4.69, 9.17) is 9.15 Å². The summed E-state index contributed by atoms with van der Waals surface area (Å²) >= 11 is 6.72. The molecule has 14 heavy (non-hydrogen) atoms. The Balaban J connectivity index is 2.28. The molecule has 0 aliphatic rings. The van der Waals surface area contributed by atoms with Gasteiger partial charge >= 0.3 is 5.95 Å². The topological polar surface area (TPSA) is 35.3 Å². The number of rotatable bonds is 2. The second-order valence-electron chi connectivity index (χ2n) is 2.50. The quantitative estimate of drug-likeness (QED) is 0.839. The molecule has 0 saturated heterocycles. The summed E-state index contributed by atoms with van der Waals surface area (Å²) in [4.78, 5) is 3.75. The maximum Gasteiger partial charge on any atom is 0.310 e. The lowest BCUT2D eigenvalue weighted by atomic mass is 10.3. The van der Waals surface area contributed by atoms with Crippen molar-refractivity contribution in [3.8, 4) is 11.7 Å². The molecule has 0 aliphatic carbocycles.